The number of carboxylic acids is 1. The van der Waals surface area contributed by atoms with Gasteiger partial charge in [-0.2, -0.15) is 0 Å². The molecule has 1 aromatic heterocycles. The standard InChI is InChI=1S/C13H17NO4S/c1-13(2)6-5-8(18-13)7-14-11(15)9-3-4-10(19-9)12(16)17/h3-4,8H,5-7H2,1-2H3,(H,14,15)(H,16,17). The summed E-state index contributed by atoms with van der Waals surface area (Å²) in [6, 6.07) is 2.97. The van der Waals surface area contributed by atoms with Crippen LogP contribution in [0.4, 0.5) is 0 Å². The van der Waals surface area contributed by atoms with Crippen LogP contribution in [0, 0.1) is 0 Å². The van der Waals surface area contributed by atoms with Crippen LogP contribution >= 0.6 is 11.3 Å². The molecule has 2 N–H and O–H groups in total. The van der Waals surface area contributed by atoms with Crippen molar-refractivity contribution in [3.8, 4) is 0 Å². The van der Waals surface area contributed by atoms with Crippen LogP contribution in [0.3, 0.4) is 0 Å². The van der Waals surface area contributed by atoms with Crippen molar-refractivity contribution >= 4 is 23.2 Å². The Labute approximate surface area is 115 Å². The first-order chi connectivity index (χ1) is 8.87. The van der Waals surface area contributed by atoms with Crippen LogP contribution in [-0.4, -0.2) is 35.2 Å². The lowest BCUT2D eigenvalue weighted by Crippen LogP contribution is -2.33. The zero-order valence-electron chi connectivity index (χ0n) is 10.9. The minimum absolute atomic E-state index is 0.0397. The Morgan fingerprint density at radius 3 is 2.68 bits per heavy atom. The second-order valence-electron chi connectivity index (χ2n) is 5.22. The van der Waals surface area contributed by atoms with Crippen molar-refractivity contribution in [1.82, 2.24) is 5.32 Å². The molecule has 1 amide bonds. The number of hydrogen-bond acceptors (Lipinski definition) is 4. The van der Waals surface area contributed by atoms with Gasteiger partial charge >= 0.3 is 5.97 Å². The molecule has 0 saturated carbocycles. The van der Waals surface area contributed by atoms with Crippen LogP contribution in [0.1, 0.15) is 46.0 Å². The van der Waals surface area contributed by atoms with Gasteiger partial charge in [0.15, 0.2) is 0 Å². The van der Waals surface area contributed by atoms with Gasteiger partial charge in [0.2, 0.25) is 0 Å². The van der Waals surface area contributed by atoms with Crippen molar-refractivity contribution in [3.05, 3.63) is 21.9 Å². The molecule has 19 heavy (non-hydrogen) atoms. The molecule has 0 aliphatic carbocycles. The molecule has 1 atom stereocenters. The lowest BCUT2D eigenvalue weighted by molar-refractivity contribution is -0.0138. The third-order valence-electron chi connectivity index (χ3n) is 3.08. The molecular weight excluding hydrogens is 266 g/mol. The van der Waals surface area contributed by atoms with E-state index in [0.717, 1.165) is 24.2 Å². The highest BCUT2D eigenvalue weighted by Gasteiger charge is 2.31. The molecule has 0 bridgehead atoms. The van der Waals surface area contributed by atoms with E-state index in [1.807, 2.05) is 13.8 Å². The first kappa shape index (κ1) is 14.0. The highest BCUT2D eigenvalue weighted by Crippen LogP contribution is 2.28. The number of aromatic carboxylic acids is 1. The Morgan fingerprint density at radius 1 is 1.47 bits per heavy atom. The van der Waals surface area contributed by atoms with Crippen molar-refractivity contribution in [3.63, 3.8) is 0 Å². The van der Waals surface area contributed by atoms with Gasteiger partial charge in [0.05, 0.1) is 16.6 Å². The van der Waals surface area contributed by atoms with Gasteiger partial charge < -0.3 is 15.2 Å². The fraction of sp³-hybridized carbons (Fsp3) is 0.538. The number of carboxylic acid groups (broad SMARTS) is 1. The summed E-state index contributed by atoms with van der Waals surface area (Å²) < 4.78 is 5.77. The predicted molar refractivity (Wildman–Crippen MR) is 71.8 cm³/mol. The van der Waals surface area contributed by atoms with E-state index in [2.05, 4.69) is 5.32 Å². The van der Waals surface area contributed by atoms with Crippen LogP contribution in [0.2, 0.25) is 0 Å². The van der Waals surface area contributed by atoms with E-state index >= 15 is 0 Å². The zero-order chi connectivity index (χ0) is 14.0. The van der Waals surface area contributed by atoms with Crippen molar-refractivity contribution in [2.24, 2.45) is 0 Å². The maximum atomic E-state index is 11.8. The van der Waals surface area contributed by atoms with Crippen LogP contribution in [0.5, 0.6) is 0 Å². The van der Waals surface area contributed by atoms with Crippen molar-refractivity contribution < 1.29 is 19.4 Å². The Kier molecular flexibility index (Phi) is 3.91. The second-order valence-corrected chi connectivity index (χ2v) is 6.30. The molecule has 6 heteroatoms. The maximum Gasteiger partial charge on any atom is 0.345 e. The van der Waals surface area contributed by atoms with Gasteiger partial charge in [-0.05, 0) is 38.8 Å². The van der Waals surface area contributed by atoms with E-state index in [-0.39, 0.29) is 22.5 Å². The molecule has 1 fully saturated rings. The van der Waals surface area contributed by atoms with E-state index in [4.69, 9.17) is 9.84 Å². The topological polar surface area (TPSA) is 75.6 Å². The lowest BCUT2D eigenvalue weighted by Gasteiger charge is -2.19. The summed E-state index contributed by atoms with van der Waals surface area (Å²) in [6.07, 6.45) is 1.95. The van der Waals surface area contributed by atoms with Gasteiger partial charge in [0.25, 0.3) is 5.91 Å². The fourth-order valence-corrected chi connectivity index (χ4v) is 2.85. The summed E-state index contributed by atoms with van der Waals surface area (Å²) in [5.41, 5.74) is -0.116. The van der Waals surface area contributed by atoms with Gasteiger partial charge in [-0.3, -0.25) is 4.79 Å². The summed E-state index contributed by atoms with van der Waals surface area (Å²) in [6.45, 7) is 4.53. The minimum atomic E-state index is -1.01. The largest absolute Gasteiger partial charge is 0.477 e. The lowest BCUT2D eigenvalue weighted by atomic mass is 10.1. The van der Waals surface area contributed by atoms with Crippen LogP contribution in [0.25, 0.3) is 0 Å². The molecule has 2 heterocycles. The summed E-state index contributed by atoms with van der Waals surface area (Å²) in [7, 11) is 0. The predicted octanol–water partition coefficient (Wildman–Crippen LogP) is 2.13. The average molecular weight is 283 g/mol. The smallest absolute Gasteiger partial charge is 0.345 e. The zero-order valence-corrected chi connectivity index (χ0v) is 11.8. The minimum Gasteiger partial charge on any atom is -0.477 e. The van der Waals surface area contributed by atoms with E-state index < -0.39 is 5.97 Å². The van der Waals surface area contributed by atoms with Gasteiger partial charge in [0.1, 0.15) is 4.88 Å². The Bertz CT molecular complexity index is 495. The number of thiophene rings is 1. The monoisotopic (exact) mass is 283 g/mol. The molecule has 0 aromatic carbocycles. The average Bonchev–Trinajstić information content (AvgIpc) is 2.92. The number of amides is 1. The van der Waals surface area contributed by atoms with Gasteiger partial charge in [-0.25, -0.2) is 4.79 Å². The normalized spacial score (nSPS) is 21.3. The van der Waals surface area contributed by atoms with Crippen LogP contribution < -0.4 is 5.32 Å². The van der Waals surface area contributed by atoms with Crippen molar-refractivity contribution in [2.75, 3.05) is 6.54 Å². The number of carbonyl (C=O) groups excluding carboxylic acids is 1. The summed E-state index contributed by atoms with van der Waals surface area (Å²) >= 11 is 0.979. The molecular formula is C13H17NO4S. The molecule has 1 aliphatic rings. The Morgan fingerprint density at radius 2 is 2.16 bits per heavy atom. The molecule has 0 radical (unpaired) electrons. The first-order valence-corrected chi connectivity index (χ1v) is 6.98. The van der Waals surface area contributed by atoms with Gasteiger partial charge in [-0.15, -0.1) is 11.3 Å². The summed E-state index contributed by atoms with van der Waals surface area (Å²) in [5, 5.41) is 11.6. The quantitative estimate of drug-likeness (QED) is 0.887. The Hall–Kier alpha value is -1.40. The number of rotatable bonds is 4. The summed E-state index contributed by atoms with van der Waals surface area (Å²) in [5.74, 6) is -1.25. The molecule has 104 valence electrons. The van der Waals surface area contributed by atoms with E-state index in [1.54, 1.807) is 0 Å². The molecule has 1 unspecified atom stereocenters. The van der Waals surface area contributed by atoms with Crippen LogP contribution in [0.15, 0.2) is 12.1 Å². The molecule has 1 aromatic rings. The maximum absolute atomic E-state index is 11.8. The van der Waals surface area contributed by atoms with E-state index in [0.29, 0.717) is 11.4 Å². The second kappa shape index (κ2) is 5.30. The van der Waals surface area contributed by atoms with Gasteiger partial charge in [0, 0.05) is 6.54 Å². The SMILES string of the molecule is CC1(C)CCC(CNC(=O)c2ccc(C(=O)O)s2)O1. The molecule has 2 rings (SSSR count). The highest BCUT2D eigenvalue weighted by atomic mass is 32.1. The van der Waals surface area contributed by atoms with Crippen molar-refractivity contribution in [1.29, 1.82) is 0 Å². The fourth-order valence-electron chi connectivity index (χ4n) is 2.09. The van der Waals surface area contributed by atoms with Crippen molar-refractivity contribution in [2.45, 2.75) is 38.4 Å². The highest BCUT2D eigenvalue weighted by molar-refractivity contribution is 7.15. The Balaban J connectivity index is 1.86. The molecule has 1 saturated heterocycles. The third kappa shape index (κ3) is 3.54. The number of carbonyl (C=O) groups is 2. The van der Waals surface area contributed by atoms with Gasteiger partial charge in [-0.1, -0.05) is 0 Å². The molecule has 0 spiro atoms. The van der Waals surface area contributed by atoms with Crippen LogP contribution in [-0.2, 0) is 4.74 Å². The number of hydrogen-bond donors (Lipinski definition) is 2. The first-order valence-electron chi connectivity index (χ1n) is 6.16. The van der Waals surface area contributed by atoms with E-state index in [9.17, 15) is 9.59 Å². The molecule has 5 nitrogen and oxygen atoms in total. The molecule has 1 aliphatic heterocycles. The number of nitrogens with one attached hydrogen (secondary N) is 1. The number of ether oxygens (including phenoxy) is 1. The van der Waals surface area contributed by atoms with E-state index in [1.165, 1.54) is 12.1 Å². The summed E-state index contributed by atoms with van der Waals surface area (Å²) in [4.78, 5) is 23.2. The third-order valence-corrected chi connectivity index (χ3v) is 4.16.